The second-order valence-corrected chi connectivity index (χ2v) is 1.96. The normalized spacial score (nSPS) is 8.82. The molecule has 0 aliphatic rings. The van der Waals surface area contributed by atoms with Crippen LogP contribution in [0, 0.1) is 0 Å². The van der Waals surface area contributed by atoms with Crippen LogP contribution in [-0.4, -0.2) is 32.0 Å². The minimum Gasteiger partial charge on any atom is -0.358 e. The average molecular weight is 159 g/mol. The van der Waals surface area contributed by atoms with Crippen LogP contribution in [0.4, 0.5) is 0 Å². The Balaban J connectivity index is 3.15. The fourth-order valence-electron chi connectivity index (χ4n) is 0.545. The van der Waals surface area contributed by atoms with Crippen LogP contribution in [-0.2, 0) is 9.59 Å². The summed E-state index contributed by atoms with van der Waals surface area (Å²) in [5.74, 6) is -0.0928. The molecular formula is C6H13N3O2. The number of carbonyl (C=O) groups excluding carboxylic acids is 2. The minimum atomic E-state index is -0.0928. The Labute approximate surface area is 65.3 Å². The molecule has 0 atom stereocenters. The first-order valence-corrected chi connectivity index (χ1v) is 3.45. The monoisotopic (exact) mass is 159 g/mol. The van der Waals surface area contributed by atoms with Crippen molar-refractivity contribution in [3.8, 4) is 0 Å². The summed E-state index contributed by atoms with van der Waals surface area (Å²) in [6, 6.07) is 0. The van der Waals surface area contributed by atoms with Gasteiger partial charge in [-0.15, -0.1) is 0 Å². The SMILES string of the molecule is NCCNC(=O)CCNC=O. The van der Waals surface area contributed by atoms with Gasteiger partial charge < -0.3 is 16.4 Å². The molecule has 5 heteroatoms. The molecular weight excluding hydrogens is 146 g/mol. The number of nitrogens with one attached hydrogen (secondary N) is 2. The summed E-state index contributed by atoms with van der Waals surface area (Å²) in [4.78, 5) is 20.5. The van der Waals surface area contributed by atoms with Crippen LogP contribution >= 0.6 is 0 Å². The lowest BCUT2D eigenvalue weighted by atomic mass is 10.4. The number of nitrogens with two attached hydrogens (primary N) is 1. The van der Waals surface area contributed by atoms with Crippen LogP contribution in [0.1, 0.15) is 6.42 Å². The van der Waals surface area contributed by atoms with Gasteiger partial charge in [0.1, 0.15) is 0 Å². The van der Waals surface area contributed by atoms with E-state index >= 15 is 0 Å². The van der Waals surface area contributed by atoms with Gasteiger partial charge in [-0.05, 0) is 0 Å². The van der Waals surface area contributed by atoms with E-state index in [1.807, 2.05) is 0 Å². The lowest BCUT2D eigenvalue weighted by Crippen LogP contribution is -2.31. The topological polar surface area (TPSA) is 84.2 Å². The molecule has 0 rings (SSSR count). The molecule has 0 aliphatic carbocycles. The van der Waals surface area contributed by atoms with Crippen molar-refractivity contribution in [3.63, 3.8) is 0 Å². The minimum absolute atomic E-state index is 0.0928. The highest BCUT2D eigenvalue weighted by Crippen LogP contribution is 1.74. The first kappa shape index (κ1) is 9.90. The molecule has 0 aromatic heterocycles. The van der Waals surface area contributed by atoms with Gasteiger partial charge in [0.15, 0.2) is 0 Å². The van der Waals surface area contributed by atoms with Gasteiger partial charge in [-0.2, -0.15) is 0 Å². The molecule has 0 aromatic carbocycles. The van der Waals surface area contributed by atoms with Gasteiger partial charge in [0.25, 0.3) is 0 Å². The third-order valence-electron chi connectivity index (χ3n) is 1.05. The van der Waals surface area contributed by atoms with Crippen molar-refractivity contribution in [1.82, 2.24) is 10.6 Å². The van der Waals surface area contributed by atoms with Crippen LogP contribution in [0.25, 0.3) is 0 Å². The van der Waals surface area contributed by atoms with E-state index in [1.165, 1.54) is 0 Å². The molecule has 0 aromatic rings. The number of hydrogen-bond acceptors (Lipinski definition) is 3. The summed E-state index contributed by atoms with van der Waals surface area (Å²) in [6.07, 6.45) is 0.870. The summed E-state index contributed by atoms with van der Waals surface area (Å²) in [6.45, 7) is 1.30. The van der Waals surface area contributed by atoms with E-state index in [9.17, 15) is 9.59 Å². The Bertz CT molecular complexity index is 127. The number of carbonyl (C=O) groups is 2. The molecule has 0 unspecified atom stereocenters. The molecule has 0 bridgehead atoms. The molecule has 2 amide bonds. The highest BCUT2D eigenvalue weighted by Gasteiger charge is 1.96. The molecule has 0 saturated heterocycles. The molecule has 0 fully saturated rings. The second kappa shape index (κ2) is 7.01. The molecule has 0 aliphatic heterocycles. The van der Waals surface area contributed by atoms with Crippen LogP contribution in [0.5, 0.6) is 0 Å². The van der Waals surface area contributed by atoms with Crippen LogP contribution in [0.3, 0.4) is 0 Å². The first-order chi connectivity index (χ1) is 5.31. The van der Waals surface area contributed by atoms with Gasteiger partial charge in [-0.1, -0.05) is 0 Å². The van der Waals surface area contributed by atoms with Crippen LogP contribution in [0.15, 0.2) is 0 Å². The smallest absolute Gasteiger partial charge is 0.221 e. The lowest BCUT2D eigenvalue weighted by Gasteiger charge is -2.01. The Morgan fingerprint density at radius 3 is 2.73 bits per heavy atom. The van der Waals surface area contributed by atoms with E-state index in [1.54, 1.807) is 0 Å². The fourth-order valence-corrected chi connectivity index (χ4v) is 0.545. The zero-order valence-electron chi connectivity index (χ0n) is 6.30. The molecule has 0 spiro atoms. The fraction of sp³-hybridized carbons (Fsp3) is 0.667. The third-order valence-corrected chi connectivity index (χ3v) is 1.05. The molecule has 64 valence electrons. The maximum atomic E-state index is 10.8. The predicted octanol–water partition coefficient (Wildman–Crippen LogP) is -1.80. The van der Waals surface area contributed by atoms with Gasteiger partial charge in [-0.25, -0.2) is 0 Å². The van der Waals surface area contributed by atoms with Gasteiger partial charge in [-0.3, -0.25) is 9.59 Å². The molecule has 0 saturated carbocycles. The van der Waals surface area contributed by atoms with Crippen molar-refractivity contribution in [2.24, 2.45) is 5.73 Å². The number of hydrogen-bond donors (Lipinski definition) is 3. The zero-order valence-corrected chi connectivity index (χ0v) is 6.30. The summed E-state index contributed by atoms with van der Waals surface area (Å²) in [7, 11) is 0. The summed E-state index contributed by atoms with van der Waals surface area (Å²) < 4.78 is 0. The summed E-state index contributed by atoms with van der Waals surface area (Å²) in [5, 5.41) is 4.95. The van der Waals surface area contributed by atoms with E-state index in [0.717, 1.165) is 0 Å². The van der Waals surface area contributed by atoms with E-state index in [0.29, 0.717) is 32.5 Å². The van der Waals surface area contributed by atoms with Gasteiger partial charge in [0.05, 0.1) is 0 Å². The Kier molecular flexibility index (Phi) is 6.31. The third kappa shape index (κ3) is 6.79. The van der Waals surface area contributed by atoms with E-state index in [-0.39, 0.29) is 5.91 Å². The Hall–Kier alpha value is -1.10. The zero-order chi connectivity index (χ0) is 8.53. The van der Waals surface area contributed by atoms with E-state index in [2.05, 4.69) is 10.6 Å². The Morgan fingerprint density at radius 1 is 1.45 bits per heavy atom. The standard InChI is InChI=1S/C6H13N3O2/c7-2-4-9-6(11)1-3-8-5-10/h5H,1-4,7H2,(H,8,10)(H,9,11). The number of amides is 2. The van der Waals surface area contributed by atoms with E-state index in [4.69, 9.17) is 5.73 Å². The predicted molar refractivity (Wildman–Crippen MR) is 40.7 cm³/mol. The van der Waals surface area contributed by atoms with Crippen molar-refractivity contribution in [1.29, 1.82) is 0 Å². The van der Waals surface area contributed by atoms with Crippen molar-refractivity contribution in [2.45, 2.75) is 6.42 Å². The highest BCUT2D eigenvalue weighted by molar-refractivity contribution is 5.76. The molecule has 0 radical (unpaired) electrons. The Morgan fingerprint density at radius 2 is 2.18 bits per heavy atom. The average Bonchev–Trinajstić information content (AvgIpc) is 2.01. The number of rotatable bonds is 6. The van der Waals surface area contributed by atoms with Crippen molar-refractivity contribution in [3.05, 3.63) is 0 Å². The van der Waals surface area contributed by atoms with Crippen molar-refractivity contribution >= 4 is 12.3 Å². The highest BCUT2D eigenvalue weighted by atomic mass is 16.1. The van der Waals surface area contributed by atoms with Gasteiger partial charge in [0.2, 0.25) is 12.3 Å². The van der Waals surface area contributed by atoms with Crippen molar-refractivity contribution < 1.29 is 9.59 Å². The second-order valence-electron chi connectivity index (χ2n) is 1.96. The van der Waals surface area contributed by atoms with Gasteiger partial charge >= 0.3 is 0 Å². The largest absolute Gasteiger partial charge is 0.358 e. The van der Waals surface area contributed by atoms with Crippen molar-refractivity contribution in [2.75, 3.05) is 19.6 Å². The molecule has 4 N–H and O–H groups in total. The first-order valence-electron chi connectivity index (χ1n) is 3.45. The lowest BCUT2D eigenvalue weighted by molar-refractivity contribution is -0.121. The van der Waals surface area contributed by atoms with Gasteiger partial charge in [0, 0.05) is 26.1 Å². The maximum absolute atomic E-state index is 10.8. The molecule has 0 heterocycles. The van der Waals surface area contributed by atoms with Crippen LogP contribution in [0.2, 0.25) is 0 Å². The summed E-state index contributed by atoms with van der Waals surface area (Å²) >= 11 is 0. The van der Waals surface area contributed by atoms with Crippen LogP contribution < -0.4 is 16.4 Å². The summed E-state index contributed by atoms with van der Waals surface area (Å²) in [5.41, 5.74) is 5.15. The molecule has 5 nitrogen and oxygen atoms in total. The quantitative estimate of drug-likeness (QED) is 0.316. The molecule has 11 heavy (non-hydrogen) atoms. The maximum Gasteiger partial charge on any atom is 0.221 e. The van der Waals surface area contributed by atoms with E-state index < -0.39 is 0 Å².